The Hall–Kier alpha value is -1.67. The zero-order valence-electron chi connectivity index (χ0n) is 15.7. The minimum absolute atomic E-state index is 0.0590. The van der Waals surface area contributed by atoms with Crippen LogP contribution >= 0.6 is 0 Å². The number of amides is 3. The van der Waals surface area contributed by atoms with Crippen LogP contribution in [0.3, 0.4) is 0 Å². The number of carbonyl (C=O) groups excluding carboxylic acids is 3. The first-order valence-corrected chi connectivity index (χ1v) is 9.47. The van der Waals surface area contributed by atoms with Gasteiger partial charge in [-0.2, -0.15) is 0 Å². The molecule has 0 aromatic carbocycles. The molecule has 8 nitrogen and oxygen atoms in total. The van der Waals surface area contributed by atoms with Gasteiger partial charge >= 0.3 is 0 Å². The molecule has 26 heavy (non-hydrogen) atoms. The molecule has 0 radical (unpaired) electrons. The second-order valence-corrected chi connectivity index (χ2v) is 7.74. The molecule has 1 spiro atoms. The molecule has 2 unspecified atom stereocenters. The van der Waals surface area contributed by atoms with Gasteiger partial charge in [0.15, 0.2) is 0 Å². The molecule has 3 rings (SSSR count). The van der Waals surface area contributed by atoms with Crippen LogP contribution < -0.4 is 10.6 Å². The summed E-state index contributed by atoms with van der Waals surface area (Å²) in [5.41, 5.74) is -1.73. The van der Waals surface area contributed by atoms with Gasteiger partial charge in [-0.3, -0.25) is 14.4 Å². The number of aliphatic hydroxyl groups excluding tert-OH is 1. The molecule has 0 aromatic rings. The molecule has 5 atom stereocenters. The molecule has 2 bridgehead atoms. The Balaban J connectivity index is 1.97. The number of nitrogens with one attached hydrogen (secondary N) is 2. The smallest absolute Gasteiger partial charge is 0.245 e. The van der Waals surface area contributed by atoms with Crippen molar-refractivity contribution in [1.29, 1.82) is 0 Å². The van der Waals surface area contributed by atoms with Gasteiger partial charge in [-0.05, 0) is 26.2 Å². The number of likely N-dealkylation sites (tertiary alicyclic amines) is 1. The Morgan fingerprint density at radius 1 is 1.35 bits per heavy atom. The molecule has 3 amide bonds. The van der Waals surface area contributed by atoms with Crippen LogP contribution in [0.2, 0.25) is 0 Å². The third kappa shape index (κ3) is 2.53. The van der Waals surface area contributed by atoms with Gasteiger partial charge in [-0.25, -0.2) is 0 Å². The van der Waals surface area contributed by atoms with Crippen LogP contribution in [0.1, 0.15) is 39.5 Å². The molecule has 3 aliphatic rings. The Labute approximate surface area is 153 Å². The number of hydrogen-bond donors (Lipinski definition) is 3. The minimum Gasteiger partial charge on any atom is -0.395 e. The Kier molecular flexibility index (Phi) is 5.00. The molecule has 3 saturated heterocycles. The van der Waals surface area contributed by atoms with Crippen LogP contribution in [0.15, 0.2) is 0 Å². The van der Waals surface area contributed by atoms with Gasteiger partial charge in [0.2, 0.25) is 17.7 Å². The largest absolute Gasteiger partial charge is 0.395 e. The van der Waals surface area contributed by atoms with Gasteiger partial charge in [0.05, 0.1) is 24.0 Å². The number of rotatable bonds is 7. The number of hydrogen-bond acceptors (Lipinski definition) is 5. The molecule has 146 valence electrons. The Bertz CT molecular complexity index is 612. The lowest BCUT2D eigenvalue weighted by molar-refractivity contribution is -0.146. The van der Waals surface area contributed by atoms with Gasteiger partial charge < -0.3 is 25.4 Å². The highest BCUT2D eigenvalue weighted by Crippen LogP contribution is 2.62. The fourth-order valence-electron chi connectivity index (χ4n) is 5.12. The number of fused-ring (bicyclic) bond motifs is 1. The van der Waals surface area contributed by atoms with E-state index in [1.165, 1.54) is 4.90 Å². The SMILES string of the molecule is CCCCNC(=O)C1N(CCO)C(=O)[C@@H]2[C@H](C(=O)NC)[C@]3(C)CCC12O3. The fourth-order valence-corrected chi connectivity index (χ4v) is 5.12. The lowest BCUT2D eigenvalue weighted by atomic mass is 9.66. The molecule has 3 fully saturated rings. The van der Waals surface area contributed by atoms with Crippen LogP contribution in [0.25, 0.3) is 0 Å². The average Bonchev–Trinajstić information content (AvgIpc) is 3.16. The van der Waals surface area contributed by atoms with Gasteiger partial charge in [0, 0.05) is 20.1 Å². The quantitative estimate of drug-likeness (QED) is 0.521. The van der Waals surface area contributed by atoms with Crippen LogP contribution in [0.4, 0.5) is 0 Å². The van der Waals surface area contributed by atoms with Crippen LogP contribution in [-0.4, -0.2) is 71.7 Å². The Morgan fingerprint density at radius 3 is 2.69 bits per heavy atom. The maximum absolute atomic E-state index is 13.2. The highest BCUT2D eigenvalue weighted by atomic mass is 16.5. The monoisotopic (exact) mass is 367 g/mol. The first kappa shape index (κ1) is 19.1. The number of ether oxygens (including phenoxy) is 1. The number of unbranched alkanes of at least 4 members (excludes halogenated alkanes) is 1. The first-order valence-electron chi connectivity index (χ1n) is 9.47. The molecular weight excluding hydrogens is 338 g/mol. The van der Waals surface area contributed by atoms with E-state index >= 15 is 0 Å². The van der Waals surface area contributed by atoms with E-state index in [-0.39, 0.29) is 30.9 Å². The second kappa shape index (κ2) is 6.81. The van der Waals surface area contributed by atoms with Crippen molar-refractivity contribution in [3.05, 3.63) is 0 Å². The Morgan fingerprint density at radius 2 is 2.08 bits per heavy atom. The van der Waals surface area contributed by atoms with E-state index in [1.54, 1.807) is 7.05 Å². The molecule has 0 aromatic heterocycles. The van der Waals surface area contributed by atoms with Crippen LogP contribution in [-0.2, 0) is 19.1 Å². The number of β-amino-alcohol motifs (C(OH)–C–C–N with tert-alkyl or cyclic N) is 1. The van der Waals surface area contributed by atoms with Crippen molar-refractivity contribution in [2.45, 2.75) is 56.8 Å². The molecule has 3 heterocycles. The van der Waals surface area contributed by atoms with E-state index in [0.717, 1.165) is 12.8 Å². The van der Waals surface area contributed by atoms with Gasteiger partial charge in [-0.1, -0.05) is 13.3 Å². The van der Waals surface area contributed by atoms with E-state index in [0.29, 0.717) is 19.4 Å². The number of nitrogens with zero attached hydrogens (tertiary/aromatic N) is 1. The normalized spacial score (nSPS) is 37.8. The van der Waals surface area contributed by atoms with Crippen molar-refractivity contribution in [1.82, 2.24) is 15.5 Å². The fraction of sp³-hybridized carbons (Fsp3) is 0.833. The van der Waals surface area contributed by atoms with E-state index in [2.05, 4.69) is 10.6 Å². The third-order valence-electron chi connectivity index (χ3n) is 6.22. The number of carbonyl (C=O) groups is 3. The molecular formula is C18H29N3O5. The third-order valence-corrected chi connectivity index (χ3v) is 6.22. The van der Waals surface area contributed by atoms with Crippen molar-refractivity contribution in [2.75, 3.05) is 26.7 Å². The van der Waals surface area contributed by atoms with Gasteiger partial charge in [-0.15, -0.1) is 0 Å². The highest BCUT2D eigenvalue weighted by Gasteiger charge is 2.77. The predicted octanol–water partition coefficient (Wildman–Crippen LogP) is -0.594. The number of aliphatic hydroxyl groups is 1. The van der Waals surface area contributed by atoms with Gasteiger partial charge in [0.1, 0.15) is 11.6 Å². The molecule has 0 aliphatic carbocycles. The van der Waals surface area contributed by atoms with E-state index in [4.69, 9.17) is 4.74 Å². The summed E-state index contributed by atoms with van der Waals surface area (Å²) in [4.78, 5) is 40.1. The van der Waals surface area contributed by atoms with E-state index < -0.39 is 29.1 Å². The van der Waals surface area contributed by atoms with Crippen molar-refractivity contribution >= 4 is 17.7 Å². The van der Waals surface area contributed by atoms with Gasteiger partial charge in [0.25, 0.3) is 0 Å². The summed E-state index contributed by atoms with van der Waals surface area (Å²) in [7, 11) is 1.55. The van der Waals surface area contributed by atoms with Crippen molar-refractivity contribution < 1.29 is 24.2 Å². The summed E-state index contributed by atoms with van der Waals surface area (Å²) < 4.78 is 6.33. The summed E-state index contributed by atoms with van der Waals surface area (Å²) in [5.74, 6) is -2.07. The topological polar surface area (TPSA) is 108 Å². The summed E-state index contributed by atoms with van der Waals surface area (Å²) in [6, 6.07) is -0.805. The molecule has 0 saturated carbocycles. The maximum atomic E-state index is 13.2. The average molecular weight is 367 g/mol. The van der Waals surface area contributed by atoms with Crippen molar-refractivity contribution in [3.63, 3.8) is 0 Å². The summed E-state index contributed by atoms with van der Waals surface area (Å²) in [5, 5.41) is 15.0. The molecule has 3 aliphatic heterocycles. The maximum Gasteiger partial charge on any atom is 0.245 e. The lowest BCUT2D eigenvalue weighted by Crippen LogP contribution is -2.55. The summed E-state index contributed by atoms with van der Waals surface area (Å²) in [6.45, 7) is 4.24. The lowest BCUT2D eigenvalue weighted by Gasteiger charge is -2.33. The molecule has 3 N–H and O–H groups in total. The van der Waals surface area contributed by atoms with E-state index in [9.17, 15) is 19.5 Å². The minimum atomic E-state index is -0.992. The van der Waals surface area contributed by atoms with Crippen molar-refractivity contribution in [2.24, 2.45) is 11.8 Å². The summed E-state index contributed by atoms with van der Waals surface area (Å²) in [6.07, 6.45) is 2.98. The standard InChI is InChI=1S/C18H29N3O5/c1-4-5-8-20-15(24)13-18-7-6-17(2,26-18)11(14(23)19-3)12(18)16(25)21(13)9-10-22/h11-13,22H,4-10H2,1-3H3,(H,19,23)(H,20,24)/t11-,12+,13?,17+,18?/m1/s1. The zero-order chi connectivity index (χ0) is 19.1. The van der Waals surface area contributed by atoms with E-state index in [1.807, 2.05) is 13.8 Å². The molecule has 8 heteroatoms. The zero-order valence-corrected chi connectivity index (χ0v) is 15.7. The predicted molar refractivity (Wildman–Crippen MR) is 93.0 cm³/mol. The van der Waals surface area contributed by atoms with Crippen molar-refractivity contribution in [3.8, 4) is 0 Å². The highest BCUT2D eigenvalue weighted by molar-refractivity contribution is 5.99. The summed E-state index contributed by atoms with van der Waals surface area (Å²) >= 11 is 0. The first-order chi connectivity index (χ1) is 12.4. The van der Waals surface area contributed by atoms with Crippen LogP contribution in [0, 0.1) is 11.8 Å². The second-order valence-electron chi connectivity index (χ2n) is 7.74. The van der Waals surface area contributed by atoms with Crippen LogP contribution in [0.5, 0.6) is 0 Å².